The molecule has 2 rings (SSSR count). The van der Waals surface area contributed by atoms with Gasteiger partial charge in [0.25, 0.3) is 5.79 Å². The second-order valence-corrected chi connectivity index (χ2v) is 6.10. The van der Waals surface area contributed by atoms with Crippen molar-refractivity contribution in [2.45, 2.75) is 26.2 Å². The van der Waals surface area contributed by atoms with Gasteiger partial charge < -0.3 is 24.6 Å². The van der Waals surface area contributed by atoms with Gasteiger partial charge in [0.1, 0.15) is 5.75 Å². The molecule has 0 atom stereocenters. The van der Waals surface area contributed by atoms with Crippen molar-refractivity contribution in [1.82, 2.24) is 0 Å². The summed E-state index contributed by atoms with van der Waals surface area (Å²) in [6.45, 7) is 2.67. The number of methoxy groups -OCH3 is 1. The maximum Gasteiger partial charge on any atom is 0.350 e. The Labute approximate surface area is 141 Å². The topological polar surface area (TPSA) is 94.1 Å². The fraction of sp³-hybridized carbons (Fsp3) is 0.333. The molecular formula is C15H16BrNO6. The first-order chi connectivity index (χ1) is 10.8. The van der Waals surface area contributed by atoms with E-state index in [0.717, 1.165) is 4.47 Å². The number of benzene rings is 1. The Morgan fingerprint density at radius 3 is 2.43 bits per heavy atom. The number of anilines is 1. The van der Waals surface area contributed by atoms with E-state index in [2.05, 4.69) is 21.2 Å². The molecule has 2 N–H and O–H groups in total. The number of esters is 2. The van der Waals surface area contributed by atoms with Gasteiger partial charge in [-0.15, -0.1) is 0 Å². The molecule has 0 aromatic heterocycles. The van der Waals surface area contributed by atoms with Gasteiger partial charge in [-0.25, -0.2) is 9.59 Å². The number of carbonyl (C=O) groups excluding carboxylic acids is 2. The summed E-state index contributed by atoms with van der Waals surface area (Å²) in [4.78, 5) is 23.8. The minimum absolute atomic E-state index is 0.261. The van der Waals surface area contributed by atoms with Crippen molar-refractivity contribution in [3.63, 3.8) is 0 Å². The molecule has 0 radical (unpaired) electrons. The molecule has 1 aliphatic heterocycles. The van der Waals surface area contributed by atoms with Gasteiger partial charge in [0.15, 0.2) is 5.57 Å². The van der Waals surface area contributed by atoms with Gasteiger partial charge >= 0.3 is 11.9 Å². The number of hydrogen-bond acceptors (Lipinski definition) is 7. The SMILES string of the molecule is COc1cc(Br)cc(CO)c1NC=C1C(=O)OC(C)(C)OC1=O. The lowest BCUT2D eigenvalue weighted by Crippen LogP contribution is -2.42. The summed E-state index contributed by atoms with van der Waals surface area (Å²) in [5.41, 5.74) is 0.667. The molecule has 0 aliphatic carbocycles. The van der Waals surface area contributed by atoms with E-state index in [1.165, 1.54) is 27.2 Å². The van der Waals surface area contributed by atoms with Crippen LogP contribution in [0.2, 0.25) is 0 Å². The smallest absolute Gasteiger partial charge is 0.350 e. The highest BCUT2D eigenvalue weighted by molar-refractivity contribution is 9.10. The second-order valence-electron chi connectivity index (χ2n) is 5.18. The summed E-state index contributed by atoms with van der Waals surface area (Å²) < 4.78 is 15.9. The molecule has 1 saturated heterocycles. The molecule has 7 nitrogen and oxygen atoms in total. The number of rotatable bonds is 4. The zero-order chi connectivity index (χ0) is 17.2. The molecular weight excluding hydrogens is 370 g/mol. The van der Waals surface area contributed by atoms with E-state index >= 15 is 0 Å². The molecule has 0 unspecified atom stereocenters. The number of hydrogen-bond donors (Lipinski definition) is 2. The van der Waals surface area contributed by atoms with Gasteiger partial charge in [-0.3, -0.25) is 0 Å². The van der Waals surface area contributed by atoms with E-state index in [-0.39, 0.29) is 12.2 Å². The Hall–Kier alpha value is -2.06. The van der Waals surface area contributed by atoms with E-state index in [9.17, 15) is 14.7 Å². The van der Waals surface area contributed by atoms with Crippen LogP contribution in [0.3, 0.4) is 0 Å². The lowest BCUT2D eigenvalue weighted by atomic mass is 10.1. The van der Waals surface area contributed by atoms with Crippen molar-refractivity contribution in [2.24, 2.45) is 0 Å². The molecule has 0 amide bonds. The summed E-state index contributed by atoms with van der Waals surface area (Å²) in [5, 5.41) is 12.3. The third-order valence-electron chi connectivity index (χ3n) is 3.02. The highest BCUT2D eigenvalue weighted by atomic mass is 79.9. The lowest BCUT2D eigenvalue weighted by molar-refractivity contribution is -0.222. The lowest BCUT2D eigenvalue weighted by Gasteiger charge is -2.29. The first kappa shape index (κ1) is 17.3. The van der Waals surface area contributed by atoms with E-state index in [1.54, 1.807) is 12.1 Å². The summed E-state index contributed by atoms with van der Waals surface area (Å²) in [5.74, 6) is -2.45. The Balaban J connectivity index is 2.33. The maximum atomic E-state index is 11.9. The van der Waals surface area contributed by atoms with Crippen LogP contribution >= 0.6 is 15.9 Å². The molecule has 1 aliphatic rings. The molecule has 1 fully saturated rings. The third kappa shape index (κ3) is 3.83. The summed E-state index contributed by atoms with van der Waals surface area (Å²) in [6, 6.07) is 3.37. The molecule has 124 valence electrons. The highest BCUT2D eigenvalue weighted by Gasteiger charge is 2.39. The van der Waals surface area contributed by atoms with Crippen LogP contribution in [0.4, 0.5) is 5.69 Å². The second kappa shape index (κ2) is 6.59. The Bertz CT molecular complexity index is 636. The number of halogens is 1. The average molecular weight is 386 g/mol. The minimum Gasteiger partial charge on any atom is -0.495 e. The number of cyclic esters (lactones) is 2. The van der Waals surface area contributed by atoms with Crippen molar-refractivity contribution in [1.29, 1.82) is 0 Å². The van der Waals surface area contributed by atoms with Crippen LogP contribution in [-0.2, 0) is 25.7 Å². The van der Waals surface area contributed by atoms with E-state index in [1.807, 2.05) is 0 Å². The van der Waals surface area contributed by atoms with Crippen LogP contribution in [0, 0.1) is 0 Å². The van der Waals surface area contributed by atoms with Gasteiger partial charge in [0.2, 0.25) is 0 Å². The van der Waals surface area contributed by atoms with Crippen molar-refractivity contribution in [3.8, 4) is 5.75 Å². The Morgan fingerprint density at radius 1 is 1.30 bits per heavy atom. The van der Waals surface area contributed by atoms with E-state index < -0.39 is 17.7 Å². The van der Waals surface area contributed by atoms with Crippen molar-refractivity contribution < 1.29 is 28.9 Å². The number of ether oxygens (including phenoxy) is 3. The molecule has 0 spiro atoms. The quantitative estimate of drug-likeness (QED) is 0.465. The molecule has 0 bridgehead atoms. The van der Waals surface area contributed by atoms with E-state index in [0.29, 0.717) is 17.0 Å². The summed E-state index contributed by atoms with van der Waals surface area (Å²) in [7, 11) is 1.47. The fourth-order valence-electron chi connectivity index (χ4n) is 2.01. The number of nitrogens with one attached hydrogen (secondary N) is 1. The fourth-order valence-corrected chi connectivity index (χ4v) is 2.49. The summed E-state index contributed by atoms with van der Waals surface area (Å²) in [6.07, 6.45) is 1.17. The number of carbonyl (C=O) groups is 2. The van der Waals surface area contributed by atoms with Gasteiger partial charge in [-0.05, 0) is 12.1 Å². The highest BCUT2D eigenvalue weighted by Crippen LogP contribution is 2.33. The van der Waals surface area contributed by atoms with Gasteiger partial charge in [-0.1, -0.05) is 15.9 Å². The van der Waals surface area contributed by atoms with Crippen molar-refractivity contribution >= 4 is 33.6 Å². The largest absolute Gasteiger partial charge is 0.495 e. The zero-order valence-corrected chi connectivity index (χ0v) is 14.4. The molecule has 0 saturated carbocycles. The Morgan fingerprint density at radius 2 is 1.91 bits per heavy atom. The van der Waals surface area contributed by atoms with E-state index in [4.69, 9.17) is 14.2 Å². The van der Waals surface area contributed by atoms with Crippen LogP contribution in [-0.4, -0.2) is 29.9 Å². The molecule has 1 aromatic rings. The van der Waals surface area contributed by atoms with Crippen LogP contribution in [0.5, 0.6) is 5.75 Å². The van der Waals surface area contributed by atoms with Crippen LogP contribution in [0.25, 0.3) is 0 Å². The van der Waals surface area contributed by atoms with Crippen molar-refractivity contribution in [2.75, 3.05) is 12.4 Å². The number of aliphatic hydroxyl groups is 1. The zero-order valence-electron chi connectivity index (χ0n) is 12.8. The first-order valence-corrected chi connectivity index (χ1v) is 7.47. The molecule has 23 heavy (non-hydrogen) atoms. The normalized spacial score (nSPS) is 16.5. The monoisotopic (exact) mass is 385 g/mol. The minimum atomic E-state index is -1.29. The van der Waals surface area contributed by atoms with Gasteiger partial charge in [-0.2, -0.15) is 0 Å². The van der Waals surface area contributed by atoms with Gasteiger partial charge in [0.05, 0.1) is 19.4 Å². The standard InChI is InChI=1S/C15H16BrNO6/c1-15(2)22-13(19)10(14(20)23-15)6-17-12-8(7-18)4-9(16)5-11(12)21-3/h4-6,17-18H,7H2,1-3H3. The molecule has 1 heterocycles. The summed E-state index contributed by atoms with van der Waals surface area (Å²) >= 11 is 3.31. The van der Waals surface area contributed by atoms with Crippen LogP contribution in [0.15, 0.2) is 28.4 Å². The van der Waals surface area contributed by atoms with Crippen LogP contribution < -0.4 is 10.1 Å². The third-order valence-corrected chi connectivity index (χ3v) is 3.47. The predicted molar refractivity (Wildman–Crippen MR) is 84.6 cm³/mol. The predicted octanol–water partition coefficient (Wildman–Crippen LogP) is 2.08. The average Bonchev–Trinajstić information content (AvgIpc) is 2.45. The van der Waals surface area contributed by atoms with Crippen molar-refractivity contribution in [3.05, 3.63) is 33.9 Å². The molecule has 8 heteroatoms. The first-order valence-electron chi connectivity index (χ1n) is 6.68. The van der Waals surface area contributed by atoms with Gasteiger partial charge in [0, 0.05) is 30.1 Å². The maximum absolute atomic E-state index is 11.9. The Kier molecular flexibility index (Phi) is 4.96. The van der Waals surface area contributed by atoms with Crippen LogP contribution in [0.1, 0.15) is 19.4 Å². The number of aliphatic hydroxyl groups excluding tert-OH is 1. The molecule has 1 aromatic carbocycles.